The SMILES string of the molecule is CC[C@@H](C)[C@@H]1C[C@H]2c3c(c4ccccc4n3C)C[C@@H]([C@H]1C=O)N2C. The fraction of sp³-hybridized carbons (Fsp3) is 0.571. The van der Waals surface area contributed by atoms with Crippen molar-refractivity contribution in [3.05, 3.63) is 35.5 Å². The number of benzene rings is 1. The molecule has 0 amide bonds. The number of piperidine rings is 1. The molecule has 3 heteroatoms. The minimum absolute atomic E-state index is 0.160. The van der Waals surface area contributed by atoms with Crippen LogP contribution in [0.2, 0.25) is 0 Å². The largest absolute Gasteiger partial charge is 0.346 e. The van der Waals surface area contributed by atoms with Crippen LogP contribution in [0.1, 0.15) is 44.0 Å². The van der Waals surface area contributed by atoms with Crippen LogP contribution in [0.25, 0.3) is 10.9 Å². The molecule has 0 spiro atoms. The molecule has 0 N–H and O–H groups in total. The maximum atomic E-state index is 12.0. The summed E-state index contributed by atoms with van der Waals surface area (Å²) < 4.78 is 2.40. The molecule has 1 saturated heterocycles. The van der Waals surface area contributed by atoms with E-state index in [-0.39, 0.29) is 5.92 Å². The van der Waals surface area contributed by atoms with Crippen LogP contribution in [0.3, 0.4) is 0 Å². The summed E-state index contributed by atoms with van der Waals surface area (Å²) in [5.41, 5.74) is 4.29. The Morgan fingerprint density at radius 3 is 2.75 bits per heavy atom. The van der Waals surface area contributed by atoms with E-state index in [1.807, 2.05) is 0 Å². The number of aryl methyl sites for hydroxylation is 1. The van der Waals surface area contributed by atoms with Crippen LogP contribution < -0.4 is 0 Å². The van der Waals surface area contributed by atoms with Gasteiger partial charge in [0.05, 0.1) is 6.04 Å². The lowest BCUT2D eigenvalue weighted by Crippen LogP contribution is -2.54. The average molecular weight is 324 g/mol. The summed E-state index contributed by atoms with van der Waals surface area (Å²) in [5.74, 6) is 1.27. The van der Waals surface area contributed by atoms with E-state index >= 15 is 0 Å². The first-order valence-corrected chi connectivity index (χ1v) is 9.31. The number of fused-ring (bicyclic) bond motifs is 6. The van der Waals surface area contributed by atoms with Crippen molar-refractivity contribution in [3.8, 4) is 0 Å². The number of aldehydes is 1. The van der Waals surface area contributed by atoms with Crippen LogP contribution in [0, 0.1) is 17.8 Å². The van der Waals surface area contributed by atoms with Crippen LogP contribution in [0.15, 0.2) is 24.3 Å². The molecule has 5 atom stereocenters. The first-order chi connectivity index (χ1) is 11.6. The lowest BCUT2D eigenvalue weighted by Gasteiger charge is -2.51. The highest BCUT2D eigenvalue weighted by Crippen LogP contribution is 2.49. The van der Waals surface area contributed by atoms with Crippen molar-refractivity contribution in [2.24, 2.45) is 24.8 Å². The van der Waals surface area contributed by atoms with Gasteiger partial charge < -0.3 is 9.36 Å². The molecule has 0 aliphatic carbocycles. The molecule has 2 aliphatic rings. The van der Waals surface area contributed by atoms with Crippen LogP contribution in [0.5, 0.6) is 0 Å². The maximum Gasteiger partial charge on any atom is 0.124 e. The topological polar surface area (TPSA) is 25.2 Å². The number of hydrogen-bond acceptors (Lipinski definition) is 2. The third kappa shape index (κ3) is 2.03. The van der Waals surface area contributed by atoms with Gasteiger partial charge in [0.15, 0.2) is 0 Å². The molecule has 2 aromatic rings. The number of carbonyl (C=O) groups excluding carboxylic acids is 1. The molecule has 128 valence electrons. The van der Waals surface area contributed by atoms with Gasteiger partial charge in [-0.25, -0.2) is 0 Å². The van der Waals surface area contributed by atoms with E-state index in [9.17, 15) is 4.79 Å². The normalized spacial score (nSPS) is 31.0. The summed E-state index contributed by atoms with van der Waals surface area (Å²) in [7, 11) is 4.43. The number of carbonyl (C=O) groups is 1. The number of aromatic nitrogens is 1. The molecule has 24 heavy (non-hydrogen) atoms. The zero-order valence-corrected chi connectivity index (χ0v) is 15.2. The highest BCUT2D eigenvalue weighted by Gasteiger charge is 2.48. The molecular weight excluding hydrogens is 296 g/mol. The van der Waals surface area contributed by atoms with Crippen LogP contribution >= 0.6 is 0 Å². The summed E-state index contributed by atoms with van der Waals surface area (Å²) >= 11 is 0. The van der Waals surface area contributed by atoms with Crippen molar-refractivity contribution in [2.75, 3.05) is 7.05 Å². The van der Waals surface area contributed by atoms with Gasteiger partial charge >= 0.3 is 0 Å². The number of likely N-dealkylation sites (N-methyl/N-ethyl adjacent to an activating group) is 1. The average Bonchev–Trinajstić information content (AvgIpc) is 2.87. The van der Waals surface area contributed by atoms with Crippen molar-refractivity contribution in [1.82, 2.24) is 9.47 Å². The Morgan fingerprint density at radius 2 is 2.04 bits per heavy atom. The Labute approximate surface area is 144 Å². The van der Waals surface area contributed by atoms with Gasteiger partial charge in [-0.2, -0.15) is 0 Å². The first-order valence-electron chi connectivity index (χ1n) is 9.31. The molecule has 3 heterocycles. The van der Waals surface area contributed by atoms with Gasteiger partial charge in [0, 0.05) is 35.6 Å². The van der Waals surface area contributed by atoms with Crippen molar-refractivity contribution in [3.63, 3.8) is 0 Å². The monoisotopic (exact) mass is 324 g/mol. The molecule has 1 aromatic heterocycles. The smallest absolute Gasteiger partial charge is 0.124 e. The van der Waals surface area contributed by atoms with Crippen LogP contribution in [-0.2, 0) is 18.3 Å². The standard InChI is InChI=1S/C21H28N2O/c1-5-13(2)15-10-20-21-16(11-19(22(20)3)17(15)12-24)14-8-6-7-9-18(14)23(21)4/h6-9,12-13,15,17,19-20H,5,10-11H2,1-4H3/t13-,15+,17+,19+,20+/m1/s1. The summed E-state index contributed by atoms with van der Waals surface area (Å²) in [4.78, 5) is 14.5. The van der Waals surface area contributed by atoms with Gasteiger partial charge in [-0.3, -0.25) is 4.90 Å². The highest BCUT2D eigenvalue weighted by atomic mass is 16.1. The zero-order valence-electron chi connectivity index (χ0n) is 15.2. The van der Waals surface area contributed by atoms with Gasteiger partial charge in [-0.1, -0.05) is 38.5 Å². The van der Waals surface area contributed by atoms with E-state index in [1.54, 1.807) is 0 Å². The lowest BCUT2D eigenvalue weighted by atomic mass is 9.66. The third-order valence-electron chi connectivity index (χ3n) is 6.97. The van der Waals surface area contributed by atoms with Gasteiger partial charge in [-0.05, 0) is 43.4 Å². The summed E-state index contributed by atoms with van der Waals surface area (Å²) in [6.07, 6.45) is 4.51. The minimum Gasteiger partial charge on any atom is -0.346 e. The van der Waals surface area contributed by atoms with Crippen molar-refractivity contribution in [2.45, 2.75) is 45.2 Å². The number of nitrogens with zero attached hydrogens (tertiary/aromatic N) is 2. The first kappa shape index (κ1) is 15.9. The van der Waals surface area contributed by atoms with E-state index in [4.69, 9.17) is 0 Å². The highest BCUT2D eigenvalue weighted by molar-refractivity contribution is 5.86. The van der Waals surface area contributed by atoms with E-state index in [1.165, 1.54) is 28.4 Å². The van der Waals surface area contributed by atoms with Crippen molar-refractivity contribution in [1.29, 1.82) is 0 Å². The summed E-state index contributed by atoms with van der Waals surface area (Å²) in [5, 5.41) is 1.38. The van der Waals surface area contributed by atoms with Crippen LogP contribution in [-0.4, -0.2) is 28.8 Å². The second-order valence-corrected chi connectivity index (χ2v) is 7.89. The number of hydrogen-bond donors (Lipinski definition) is 0. The molecule has 2 aliphatic heterocycles. The molecule has 0 saturated carbocycles. The Kier molecular flexibility index (Phi) is 3.80. The van der Waals surface area contributed by atoms with Gasteiger partial charge in [-0.15, -0.1) is 0 Å². The van der Waals surface area contributed by atoms with E-state index < -0.39 is 0 Å². The molecule has 1 aromatic carbocycles. The molecule has 0 unspecified atom stereocenters. The molecule has 3 nitrogen and oxygen atoms in total. The van der Waals surface area contributed by atoms with Crippen molar-refractivity contribution >= 4 is 17.2 Å². The fourth-order valence-corrected chi connectivity index (χ4v) is 5.40. The molecule has 1 fully saturated rings. The summed E-state index contributed by atoms with van der Waals surface area (Å²) in [6, 6.07) is 9.51. The van der Waals surface area contributed by atoms with Crippen LogP contribution in [0.4, 0.5) is 0 Å². The zero-order chi connectivity index (χ0) is 17.0. The minimum atomic E-state index is 0.160. The molecule has 4 rings (SSSR count). The fourth-order valence-electron chi connectivity index (χ4n) is 5.40. The Balaban J connectivity index is 1.88. The predicted molar refractivity (Wildman–Crippen MR) is 98.0 cm³/mol. The number of rotatable bonds is 3. The second-order valence-electron chi connectivity index (χ2n) is 7.89. The molecule has 2 bridgehead atoms. The van der Waals surface area contributed by atoms with Gasteiger partial charge in [0.1, 0.15) is 6.29 Å². The Morgan fingerprint density at radius 1 is 1.29 bits per heavy atom. The van der Waals surface area contributed by atoms with E-state index in [0.29, 0.717) is 23.9 Å². The quantitative estimate of drug-likeness (QED) is 0.799. The van der Waals surface area contributed by atoms with Gasteiger partial charge in [0.25, 0.3) is 0 Å². The lowest BCUT2D eigenvalue weighted by molar-refractivity contribution is -0.120. The molecular formula is C21H28N2O. The molecule has 0 radical (unpaired) electrons. The maximum absolute atomic E-state index is 12.0. The van der Waals surface area contributed by atoms with E-state index in [0.717, 1.165) is 19.3 Å². The van der Waals surface area contributed by atoms with Gasteiger partial charge in [0.2, 0.25) is 0 Å². The summed E-state index contributed by atoms with van der Waals surface area (Å²) in [6.45, 7) is 4.58. The Bertz CT molecular complexity index is 777. The van der Waals surface area contributed by atoms with Crippen molar-refractivity contribution < 1.29 is 4.79 Å². The third-order valence-corrected chi connectivity index (χ3v) is 6.97. The van der Waals surface area contributed by atoms with E-state index in [2.05, 4.69) is 61.7 Å². The predicted octanol–water partition coefficient (Wildman–Crippen LogP) is 3.96. The Hall–Kier alpha value is -1.61. The number of para-hydroxylation sites is 1. The second kappa shape index (κ2) is 5.73.